The molecular formula is C30H31F2N3O3. The highest BCUT2D eigenvalue weighted by molar-refractivity contribution is 5.65. The van der Waals surface area contributed by atoms with Crippen LogP contribution in [0, 0.1) is 18.6 Å². The van der Waals surface area contributed by atoms with Crippen LogP contribution in [0.4, 0.5) is 8.78 Å². The molecule has 1 atom stereocenters. The van der Waals surface area contributed by atoms with Crippen molar-refractivity contribution in [2.75, 3.05) is 0 Å². The fourth-order valence-electron chi connectivity index (χ4n) is 4.55. The summed E-state index contributed by atoms with van der Waals surface area (Å²) in [5, 5.41) is 10.8. The predicted molar refractivity (Wildman–Crippen MR) is 142 cm³/mol. The van der Waals surface area contributed by atoms with Crippen molar-refractivity contribution in [1.29, 1.82) is 0 Å². The number of aromatic nitrogens is 3. The summed E-state index contributed by atoms with van der Waals surface area (Å²) in [4.78, 5) is 22.5. The van der Waals surface area contributed by atoms with Crippen molar-refractivity contribution in [3.05, 3.63) is 111 Å². The number of hydrogen-bond donors (Lipinski definition) is 1. The molecule has 0 saturated heterocycles. The van der Waals surface area contributed by atoms with Gasteiger partial charge in [0.15, 0.2) is 0 Å². The molecule has 0 aliphatic carbocycles. The van der Waals surface area contributed by atoms with Gasteiger partial charge in [0, 0.05) is 29.9 Å². The SMILES string of the molecule is CC[C@@H](c1cc(F)cc(F)c1)n1c(COC(C)C)nc(O)c(Cc2ccc(-c3cccnc3C)cc2)c1=O. The third-order valence-corrected chi connectivity index (χ3v) is 6.43. The number of aromatic hydroxyl groups is 1. The van der Waals surface area contributed by atoms with E-state index in [2.05, 4.69) is 9.97 Å². The van der Waals surface area contributed by atoms with Crippen LogP contribution in [0.25, 0.3) is 11.1 Å². The van der Waals surface area contributed by atoms with Gasteiger partial charge >= 0.3 is 0 Å². The van der Waals surface area contributed by atoms with Crippen LogP contribution in [0.3, 0.4) is 0 Å². The molecule has 8 heteroatoms. The molecule has 1 N–H and O–H groups in total. The highest BCUT2D eigenvalue weighted by atomic mass is 19.1. The van der Waals surface area contributed by atoms with Crippen molar-refractivity contribution in [3.63, 3.8) is 0 Å². The smallest absolute Gasteiger partial charge is 0.261 e. The van der Waals surface area contributed by atoms with Crippen LogP contribution in [-0.2, 0) is 17.8 Å². The molecule has 198 valence electrons. The van der Waals surface area contributed by atoms with Gasteiger partial charge in [-0.2, -0.15) is 4.98 Å². The molecule has 6 nitrogen and oxygen atoms in total. The van der Waals surface area contributed by atoms with E-state index in [1.54, 1.807) is 6.20 Å². The molecule has 0 spiro atoms. The van der Waals surface area contributed by atoms with E-state index in [9.17, 15) is 18.7 Å². The third-order valence-electron chi connectivity index (χ3n) is 6.43. The second-order valence-corrected chi connectivity index (χ2v) is 9.50. The Morgan fingerprint density at radius 2 is 1.74 bits per heavy atom. The lowest BCUT2D eigenvalue weighted by Crippen LogP contribution is -2.33. The highest BCUT2D eigenvalue weighted by Crippen LogP contribution is 2.27. The first kappa shape index (κ1) is 27.1. The van der Waals surface area contributed by atoms with Crippen molar-refractivity contribution in [2.45, 2.75) is 59.3 Å². The monoisotopic (exact) mass is 519 g/mol. The van der Waals surface area contributed by atoms with Crippen molar-refractivity contribution in [3.8, 4) is 17.0 Å². The van der Waals surface area contributed by atoms with Crippen LogP contribution in [0.15, 0.2) is 65.6 Å². The lowest BCUT2D eigenvalue weighted by atomic mass is 9.99. The molecule has 0 aliphatic rings. The van der Waals surface area contributed by atoms with E-state index >= 15 is 0 Å². The van der Waals surface area contributed by atoms with Gasteiger partial charge in [-0.05, 0) is 62.1 Å². The van der Waals surface area contributed by atoms with Gasteiger partial charge in [0.2, 0.25) is 5.88 Å². The van der Waals surface area contributed by atoms with E-state index in [0.29, 0.717) is 12.0 Å². The summed E-state index contributed by atoms with van der Waals surface area (Å²) in [5.74, 6) is -1.67. The molecule has 0 amide bonds. The minimum absolute atomic E-state index is 0.0474. The summed E-state index contributed by atoms with van der Waals surface area (Å²) in [7, 11) is 0. The van der Waals surface area contributed by atoms with Gasteiger partial charge in [-0.15, -0.1) is 0 Å². The normalized spacial score (nSPS) is 12.2. The summed E-state index contributed by atoms with van der Waals surface area (Å²) in [6.45, 7) is 7.39. The van der Waals surface area contributed by atoms with E-state index in [1.165, 1.54) is 16.7 Å². The molecule has 4 aromatic rings. The van der Waals surface area contributed by atoms with Crippen LogP contribution < -0.4 is 5.56 Å². The van der Waals surface area contributed by atoms with Crippen molar-refractivity contribution < 1.29 is 18.6 Å². The average Bonchev–Trinajstić information content (AvgIpc) is 2.87. The number of aryl methyl sites for hydroxylation is 1. The van der Waals surface area contributed by atoms with E-state index in [-0.39, 0.29) is 36.4 Å². The molecule has 2 aromatic heterocycles. The van der Waals surface area contributed by atoms with E-state index in [4.69, 9.17) is 4.74 Å². The molecule has 0 fully saturated rings. The highest BCUT2D eigenvalue weighted by Gasteiger charge is 2.24. The van der Waals surface area contributed by atoms with Crippen LogP contribution in [0.5, 0.6) is 5.88 Å². The summed E-state index contributed by atoms with van der Waals surface area (Å²) >= 11 is 0. The maximum absolute atomic E-state index is 14.1. The van der Waals surface area contributed by atoms with Gasteiger partial charge in [0.05, 0.1) is 17.7 Å². The maximum Gasteiger partial charge on any atom is 0.261 e. The van der Waals surface area contributed by atoms with Crippen molar-refractivity contribution in [2.24, 2.45) is 0 Å². The molecule has 0 unspecified atom stereocenters. The van der Waals surface area contributed by atoms with Gasteiger partial charge in [-0.1, -0.05) is 37.3 Å². The summed E-state index contributed by atoms with van der Waals surface area (Å²) in [6, 6.07) is 14.0. The Labute approximate surface area is 220 Å². The zero-order chi connectivity index (χ0) is 27.4. The minimum atomic E-state index is -0.734. The van der Waals surface area contributed by atoms with Crippen LogP contribution in [0.2, 0.25) is 0 Å². The number of halogens is 2. The number of pyridine rings is 1. The topological polar surface area (TPSA) is 77.2 Å². The average molecular weight is 520 g/mol. The van der Waals surface area contributed by atoms with Crippen molar-refractivity contribution >= 4 is 0 Å². The lowest BCUT2D eigenvalue weighted by molar-refractivity contribution is 0.0575. The summed E-state index contributed by atoms with van der Waals surface area (Å²) < 4.78 is 35.3. The quantitative estimate of drug-likeness (QED) is 0.289. The number of hydrogen-bond acceptors (Lipinski definition) is 5. The fraction of sp³-hybridized carbons (Fsp3) is 0.300. The molecule has 4 rings (SSSR count). The first-order valence-electron chi connectivity index (χ1n) is 12.6. The Morgan fingerprint density at radius 1 is 1.05 bits per heavy atom. The molecule has 0 radical (unpaired) electrons. The fourth-order valence-corrected chi connectivity index (χ4v) is 4.55. The summed E-state index contributed by atoms with van der Waals surface area (Å²) in [6.07, 6.45) is 2.08. The zero-order valence-electron chi connectivity index (χ0n) is 21.9. The number of ether oxygens (including phenoxy) is 1. The first-order chi connectivity index (χ1) is 18.2. The van der Waals surface area contributed by atoms with E-state index in [0.717, 1.165) is 28.5 Å². The van der Waals surface area contributed by atoms with Gasteiger partial charge < -0.3 is 9.84 Å². The summed E-state index contributed by atoms with van der Waals surface area (Å²) in [5.41, 5.74) is 3.61. The molecule has 0 saturated carbocycles. The largest absolute Gasteiger partial charge is 0.493 e. The second kappa shape index (κ2) is 11.6. The predicted octanol–water partition coefficient (Wildman–Crippen LogP) is 6.11. The lowest BCUT2D eigenvalue weighted by Gasteiger charge is -2.24. The van der Waals surface area contributed by atoms with E-state index in [1.807, 2.05) is 64.1 Å². The van der Waals surface area contributed by atoms with Gasteiger partial charge in [-0.3, -0.25) is 14.3 Å². The maximum atomic E-state index is 14.1. The third kappa shape index (κ3) is 5.97. The molecule has 2 heterocycles. The zero-order valence-corrected chi connectivity index (χ0v) is 21.9. The Balaban J connectivity index is 1.77. The standard InChI is InChI=1S/C30H31F2N3O3/c1-5-27(22-14-23(31)16-24(32)15-22)35-28(17-38-18(2)3)34-29(36)26(30(35)37)13-20-8-10-21(11-9-20)25-7-6-12-33-19(25)4/h6-12,14-16,18,27,36H,5,13,17H2,1-4H3/t27-/m0/s1. The van der Waals surface area contributed by atoms with Gasteiger partial charge in [0.1, 0.15) is 24.1 Å². The van der Waals surface area contributed by atoms with Crippen LogP contribution in [-0.4, -0.2) is 25.7 Å². The minimum Gasteiger partial charge on any atom is -0.493 e. The van der Waals surface area contributed by atoms with Crippen LogP contribution in [0.1, 0.15) is 61.4 Å². The molecule has 0 aliphatic heterocycles. The van der Waals surface area contributed by atoms with Crippen molar-refractivity contribution in [1.82, 2.24) is 14.5 Å². The number of nitrogens with zero attached hydrogens (tertiary/aromatic N) is 3. The van der Waals surface area contributed by atoms with Gasteiger partial charge in [-0.25, -0.2) is 8.78 Å². The number of benzene rings is 2. The number of rotatable bonds is 9. The Kier molecular flexibility index (Phi) is 8.32. The molecule has 2 aromatic carbocycles. The Morgan fingerprint density at radius 3 is 2.34 bits per heavy atom. The first-order valence-corrected chi connectivity index (χ1v) is 12.6. The Hall–Kier alpha value is -3.91. The van der Waals surface area contributed by atoms with E-state index < -0.39 is 23.2 Å². The van der Waals surface area contributed by atoms with Crippen LogP contribution >= 0.6 is 0 Å². The Bertz CT molecular complexity index is 1460. The van der Waals surface area contributed by atoms with Gasteiger partial charge in [0.25, 0.3) is 5.56 Å². The molecule has 38 heavy (non-hydrogen) atoms. The molecule has 0 bridgehead atoms. The second-order valence-electron chi connectivity index (χ2n) is 9.50. The molecular weight excluding hydrogens is 488 g/mol.